The van der Waals surface area contributed by atoms with Crippen molar-refractivity contribution in [1.82, 2.24) is 4.90 Å². The molecule has 0 aromatic heterocycles. The third-order valence-electron chi connectivity index (χ3n) is 4.74. The first kappa shape index (κ1) is 13.8. The Labute approximate surface area is 122 Å². The number of nitrogens with zero attached hydrogens (tertiary/aromatic N) is 1. The van der Waals surface area contributed by atoms with Crippen LogP contribution in [-0.2, 0) is 11.3 Å². The molecule has 0 aliphatic carbocycles. The van der Waals surface area contributed by atoms with Crippen molar-refractivity contribution in [1.29, 1.82) is 0 Å². The minimum atomic E-state index is 0.687. The summed E-state index contributed by atoms with van der Waals surface area (Å²) >= 11 is 0. The van der Waals surface area contributed by atoms with Crippen LogP contribution in [0.25, 0.3) is 0 Å². The van der Waals surface area contributed by atoms with Crippen LogP contribution in [-0.4, -0.2) is 30.6 Å². The van der Waals surface area contributed by atoms with E-state index in [9.17, 15) is 0 Å². The summed E-state index contributed by atoms with van der Waals surface area (Å²) in [5.74, 6) is 0. The van der Waals surface area contributed by atoms with Gasteiger partial charge in [0.25, 0.3) is 0 Å². The van der Waals surface area contributed by atoms with E-state index < -0.39 is 0 Å². The molecular formula is C18H25NO. The van der Waals surface area contributed by atoms with E-state index in [1.165, 1.54) is 31.2 Å². The molecule has 2 aliphatic heterocycles. The molecule has 1 aromatic carbocycles. The van der Waals surface area contributed by atoms with E-state index in [1.54, 1.807) is 5.57 Å². The van der Waals surface area contributed by atoms with Crippen molar-refractivity contribution >= 4 is 0 Å². The topological polar surface area (TPSA) is 12.5 Å². The van der Waals surface area contributed by atoms with Crippen LogP contribution in [0.1, 0.15) is 37.7 Å². The summed E-state index contributed by atoms with van der Waals surface area (Å²) in [5, 5.41) is 0. The number of rotatable bonds is 5. The third kappa shape index (κ3) is 3.31. The maximum Gasteiger partial charge on any atom is 0.0717 e. The van der Waals surface area contributed by atoms with E-state index in [2.05, 4.69) is 42.3 Å². The lowest BCUT2D eigenvalue weighted by Gasteiger charge is -2.42. The lowest BCUT2D eigenvalue weighted by molar-refractivity contribution is 0.110. The Kier molecular flexibility index (Phi) is 4.54. The number of likely N-dealkylation sites (N-methyl/N-ethyl adjacent to an activating group) is 1. The second kappa shape index (κ2) is 6.55. The molecule has 0 saturated carbocycles. The molecule has 1 aromatic rings. The average molecular weight is 271 g/mol. The van der Waals surface area contributed by atoms with Crippen LogP contribution in [0, 0.1) is 0 Å². The fourth-order valence-corrected chi connectivity index (χ4v) is 3.48. The van der Waals surface area contributed by atoms with Crippen LogP contribution < -0.4 is 0 Å². The van der Waals surface area contributed by atoms with Crippen LogP contribution in [0.2, 0.25) is 0 Å². The number of hydrogen-bond acceptors (Lipinski definition) is 2. The van der Waals surface area contributed by atoms with E-state index >= 15 is 0 Å². The monoisotopic (exact) mass is 271 g/mol. The van der Waals surface area contributed by atoms with Gasteiger partial charge in [0.1, 0.15) is 0 Å². The molecule has 0 spiro atoms. The quantitative estimate of drug-likeness (QED) is 0.597. The molecule has 3 rings (SSSR count). The van der Waals surface area contributed by atoms with E-state index in [4.69, 9.17) is 4.74 Å². The van der Waals surface area contributed by atoms with Gasteiger partial charge in [-0.1, -0.05) is 48.4 Å². The van der Waals surface area contributed by atoms with Gasteiger partial charge in [0.2, 0.25) is 0 Å². The van der Waals surface area contributed by atoms with Gasteiger partial charge >= 0.3 is 0 Å². The molecule has 2 atom stereocenters. The highest BCUT2D eigenvalue weighted by Gasteiger charge is 2.30. The van der Waals surface area contributed by atoms with Crippen molar-refractivity contribution in [2.24, 2.45) is 0 Å². The molecular weight excluding hydrogens is 246 g/mol. The number of ether oxygens (including phenoxy) is 1. The fraction of sp³-hybridized carbons (Fsp3) is 0.556. The highest BCUT2D eigenvalue weighted by atomic mass is 16.5. The molecule has 0 N–H and O–H groups in total. The molecule has 0 radical (unpaired) electrons. The van der Waals surface area contributed by atoms with Crippen LogP contribution in [0.3, 0.4) is 0 Å². The molecule has 2 heteroatoms. The van der Waals surface area contributed by atoms with Crippen molar-refractivity contribution in [3.8, 4) is 0 Å². The minimum absolute atomic E-state index is 0.687. The average Bonchev–Trinajstić information content (AvgIpc) is 2.45. The van der Waals surface area contributed by atoms with Gasteiger partial charge in [-0.05, 0) is 38.3 Å². The lowest BCUT2D eigenvalue weighted by atomic mass is 9.85. The molecule has 1 fully saturated rings. The van der Waals surface area contributed by atoms with E-state index in [1.807, 2.05) is 6.07 Å². The van der Waals surface area contributed by atoms with Gasteiger partial charge in [0.05, 0.1) is 13.2 Å². The summed E-state index contributed by atoms with van der Waals surface area (Å²) in [4.78, 5) is 2.57. The number of piperidine rings is 1. The minimum Gasteiger partial charge on any atom is -0.376 e. The second-order valence-electron chi connectivity index (χ2n) is 6.13. The third-order valence-corrected chi connectivity index (χ3v) is 4.74. The largest absolute Gasteiger partial charge is 0.376 e. The molecule has 2 aliphatic rings. The summed E-state index contributed by atoms with van der Waals surface area (Å²) in [7, 11) is 2.29. The van der Waals surface area contributed by atoms with E-state index in [-0.39, 0.29) is 0 Å². The molecule has 0 amide bonds. The maximum absolute atomic E-state index is 5.82. The molecule has 2 heterocycles. The van der Waals surface area contributed by atoms with Crippen molar-refractivity contribution in [3.63, 3.8) is 0 Å². The Morgan fingerprint density at radius 3 is 2.85 bits per heavy atom. The summed E-state index contributed by atoms with van der Waals surface area (Å²) in [6.45, 7) is 1.59. The number of fused-ring (bicyclic) bond motifs is 2. The van der Waals surface area contributed by atoms with Gasteiger partial charge in [0.15, 0.2) is 0 Å². The summed E-state index contributed by atoms with van der Waals surface area (Å²) in [6, 6.07) is 11.9. The normalized spacial score (nSPS) is 26.4. The first-order valence-electron chi connectivity index (χ1n) is 7.86. The highest BCUT2D eigenvalue weighted by molar-refractivity contribution is 5.16. The van der Waals surface area contributed by atoms with E-state index in [0.29, 0.717) is 6.04 Å². The smallest absolute Gasteiger partial charge is 0.0717 e. The zero-order chi connectivity index (χ0) is 13.8. The van der Waals surface area contributed by atoms with Crippen LogP contribution in [0.5, 0.6) is 0 Å². The van der Waals surface area contributed by atoms with Crippen molar-refractivity contribution in [2.45, 2.75) is 50.8 Å². The van der Waals surface area contributed by atoms with Gasteiger partial charge in [-0.2, -0.15) is 0 Å². The van der Waals surface area contributed by atoms with Gasteiger partial charge in [0, 0.05) is 12.1 Å². The van der Waals surface area contributed by atoms with Crippen molar-refractivity contribution < 1.29 is 4.74 Å². The van der Waals surface area contributed by atoms with Gasteiger partial charge in [-0.25, -0.2) is 0 Å². The Morgan fingerprint density at radius 1 is 1.20 bits per heavy atom. The Hall–Kier alpha value is -1.12. The van der Waals surface area contributed by atoms with Crippen LogP contribution in [0.4, 0.5) is 0 Å². The highest BCUT2D eigenvalue weighted by Crippen LogP contribution is 2.32. The molecule has 2 bridgehead atoms. The van der Waals surface area contributed by atoms with Gasteiger partial charge in [-0.3, -0.25) is 4.90 Å². The second-order valence-corrected chi connectivity index (χ2v) is 6.13. The number of hydrogen-bond donors (Lipinski definition) is 0. The fourth-order valence-electron chi connectivity index (χ4n) is 3.48. The Morgan fingerprint density at radius 2 is 2.05 bits per heavy atom. The Bertz CT molecular complexity index is 454. The van der Waals surface area contributed by atoms with E-state index in [0.717, 1.165) is 25.7 Å². The van der Waals surface area contributed by atoms with Crippen molar-refractivity contribution in [2.75, 3.05) is 13.7 Å². The van der Waals surface area contributed by atoms with Gasteiger partial charge < -0.3 is 4.74 Å². The van der Waals surface area contributed by atoms with Crippen molar-refractivity contribution in [3.05, 3.63) is 47.5 Å². The van der Waals surface area contributed by atoms with Gasteiger partial charge in [-0.15, -0.1) is 0 Å². The first-order chi connectivity index (χ1) is 9.83. The predicted octanol–water partition coefficient (Wildman–Crippen LogP) is 3.78. The zero-order valence-corrected chi connectivity index (χ0v) is 12.4. The van der Waals surface area contributed by atoms with Crippen LogP contribution >= 0.6 is 0 Å². The summed E-state index contributed by atoms with van der Waals surface area (Å²) in [5.41, 5.74) is 2.88. The molecule has 20 heavy (non-hydrogen) atoms. The maximum atomic E-state index is 5.82. The first-order valence-corrected chi connectivity index (χ1v) is 7.86. The van der Waals surface area contributed by atoms with Crippen LogP contribution in [0.15, 0.2) is 42.0 Å². The lowest BCUT2D eigenvalue weighted by Crippen LogP contribution is -2.45. The molecule has 2 unspecified atom stereocenters. The zero-order valence-electron chi connectivity index (χ0n) is 12.4. The predicted molar refractivity (Wildman–Crippen MR) is 82.6 cm³/mol. The number of benzene rings is 1. The summed E-state index contributed by atoms with van der Waals surface area (Å²) in [6.07, 6.45) is 8.96. The standard InChI is InChI=1S/C18H25NO/c1-19-17-8-5-9-18(19)13-16(12-17)10-11-20-14-15-6-3-2-4-7-15/h2-4,6-7,12,17-18H,5,8-11,13-14H2,1H3. The summed E-state index contributed by atoms with van der Waals surface area (Å²) < 4.78 is 5.82. The SMILES string of the molecule is CN1C2C=C(CCOCc3ccccc3)CC1CCC2. The molecule has 2 nitrogen and oxygen atoms in total. The molecule has 108 valence electrons. The molecule has 1 saturated heterocycles. The Balaban J connectivity index is 1.45.